The van der Waals surface area contributed by atoms with E-state index in [-0.39, 0.29) is 6.10 Å². The molecule has 0 saturated carbocycles. The molecule has 0 unspecified atom stereocenters. The predicted molar refractivity (Wildman–Crippen MR) is 131 cm³/mol. The Labute approximate surface area is 198 Å². The van der Waals surface area contributed by atoms with Crippen molar-refractivity contribution in [3.63, 3.8) is 0 Å². The Morgan fingerprint density at radius 1 is 0.818 bits per heavy atom. The van der Waals surface area contributed by atoms with Crippen LogP contribution in [0.15, 0.2) is 48.5 Å². The lowest BCUT2D eigenvalue weighted by molar-refractivity contribution is 0.0734. The molecule has 0 saturated heterocycles. The molecule has 2 aromatic carbocycles. The van der Waals surface area contributed by atoms with Crippen LogP contribution >= 0.6 is 0 Å². The van der Waals surface area contributed by atoms with Crippen molar-refractivity contribution in [1.29, 1.82) is 0 Å². The standard InChI is InChI=1S/C28H36O5/c1-4-6-7-8-9-10-11-12-21-31-25-15-13-24(14-16-25)28(29)33-27-19-17-26(18-20-27)32-22-23(3)30-5-2/h2,13-20,23H,4,6-12,21-22H2,1,3H3/t23-/m1/s1. The van der Waals surface area contributed by atoms with Gasteiger partial charge in [-0.15, -0.1) is 0 Å². The monoisotopic (exact) mass is 452 g/mol. The van der Waals surface area contributed by atoms with Gasteiger partial charge in [-0.1, -0.05) is 58.3 Å². The summed E-state index contributed by atoms with van der Waals surface area (Å²) in [6.45, 7) is 5.09. The molecule has 0 heterocycles. The van der Waals surface area contributed by atoms with Gasteiger partial charge >= 0.3 is 5.97 Å². The lowest BCUT2D eigenvalue weighted by Gasteiger charge is -2.11. The Hall–Kier alpha value is -3.13. The normalized spacial score (nSPS) is 11.3. The average Bonchev–Trinajstić information content (AvgIpc) is 2.83. The van der Waals surface area contributed by atoms with Crippen molar-refractivity contribution in [1.82, 2.24) is 0 Å². The first-order chi connectivity index (χ1) is 16.1. The lowest BCUT2D eigenvalue weighted by Crippen LogP contribution is -2.15. The fourth-order valence-electron chi connectivity index (χ4n) is 3.25. The zero-order valence-electron chi connectivity index (χ0n) is 19.9. The summed E-state index contributed by atoms with van der Waals surface area (Å²) in [5.74, 6) is 1.42. The van der Waals surface area contributed by atoms with Crippen molar-refractivity contribution in [2.75, 3.05) is 13.2 Å². The molecule has 178 valence electrons. The van der Waals surface area contributed by atoms with Crippen molar-refractivity contribution < 1.29 is 23.7 Å². The smallest absolute Gasteiger partial charge is 0.343 e. The second-order valence-corrected chi connectivity index (χ2v) is 8.07. The quantitative estimate of drug-likeness (QED) is 0.121. The third-order valence-electron chi connectivity index (χ3n) is 5.14. The minimum atomic E-state index is -0.422. The molecule has 0 aliphatic heterocycles. The number of carbonyl (C=O) groups is 1. The molecule has 0 aliphatic rings. The molecule has 2 rings (SSSR count). The van der Waals surface area contributed by atoms with Gasteiger partial charge in [0.05, 0.1) is 12.2 Å². The highest BCUT2D eigenvalue weighted by atomic mass is 16.5. The summed E-state index contributed by atoms with van der Waals surface area (Å²) in [7, 11) is 0. The van der Waals surface area contributed by atoms with Crippen LogP contribution < -0.4 is 14.2 Å². The Kier molecular flexibility index (Phi) is 12.4. The van der Waals surface area contributed by atoms with E-state index >= 15 is 0 Å². The Morgan fingerprint density at radius 2 is 1.36 bits per heavy atom. The van der Waals surface area contributed by atoms with Crippen LogP contribution in [0.1, 0.15) is 75.6 Å². The molecule has 1 atom stereocenters. The Balaban J connectivity index is 1.67. The number of rotatable bonds is 16. The van der Waals surface area contributed by atoms with E-state index in [1.807, 2.05) is 6.92 Å². The van der Waals surface area contributed by atoms with Crippen LogP contribution in [0.25, 0.3) is 0 Å². The van der Waals surface area contributed by atoms with E-state index in [1.54, 1.807) is 48.5 Å². The van der Waals surface area contributed by atoms with Gasteiger partial charge in [0, 0.05) is 0 Å². The van der Waals surface area contributed by atoms with Gasteiger partial charge in [-0.05, 0) is 61.9 Å². The number of benzene rings is 2. The summed E-state index contributed by atoms with van der Waals surface area (Å²) >= 11 is 0. The number of carbonyl (C=O) groups excluding carboxylic acids is 1. The highest BCUT2D eigenvalue weighted by molar-refractivity contribution is 5.91. The number of hydrogen-bond donors (Lipinski definition) is 0. The molecule has 33 heavy (non-hydrogen) atoms. The number of hydrogen-bond acceptors (Lipinski definition) is 5. The number of terminal acetylenes is 1. The maximum Gasteiger partial charge on any atom is 0.343 e. The van der Waals surface area contributed by atoms with E-state index in [9.17, 15) is 4.79 Å². The molecule has 2 aromatic rings. The molecule has 0 amide bonds. The van der Waals surface area contributed by atoms with Crippen molar-refractivity contribution in [3.05, 3.63) is 54.1 Å². The topological polar surface area (TPSA) is 54.0 Å². The predicted octanol–water partition coefficient (Wildman–Crippen LogP) is 6.80. The Morgan fingerprint density at radius 3 is 2.00 bits per heavy atom. The molecule has 0 spiro atoms. The molecule has 0 N–H and O–H groups in total. The summed E-state index contributed by atoms with van der Waals surface area (Å²) in [4.78, 5) is 12.4. The minimum Gasteiger partial charge on any atom is -0.494 e. The van der Waals surface area contributed by atoms with E-state index < -0.39 is 5.97 Å². The number of unbranched alkanes of at least 4 members (excludes halogenated alkanes) is 7. The summed E-state index contributed by atoms with van der Waals surface area (Å²) in [5, 5.41) is 0. The molecule has 0 aromatic heterocycles. The first kappa shape index (κ1) is 26.1. The number of esters is 1. The third-order valence-corrected chi connectivity index (χ3v) is 5.14. The van der Waals surface area contributed by atoms with Crippen LogP contribution in [0, 0.1) is 12.5 Å². The van der Waals surface area contributed by atoms with E-state index in [1.165, 1.54) is 44.9 Å². The van der Waals surface area contributed by atoms with Crippen molar-refractivity contribution >= 4 is 5.97 Å². The van der Waals surface area contributed by atoms with Crippen LogP contribution in [0.3, 0.4) is 0 Å². The molecular formula is C28H36O5. The molecule has 0 fully saturated rings. The fourth-order valence-corrected chi connectivity index (χ4v) is 3.25. The van der Waals surface area contributed by atoms with E-state index in [0.717, 1.165) is 12.2 Å². The summed E-state index contributed by atoms with van der Waals surface area (Å²) in [5.41, 5.74) is 0.468. The van der Waals surface area contributed by atoms with Gasteiger partial charge in [-0.3, -0.25) is 0 Å². The van der Waals surface area contributed by atoms with Gasteiger partial charge in [0.2, 0.25) is 0 Å². The molecular weight excluding hydrogens is 416 g/mol. The van der Waals surface area contributed by atoms with Crippen LogP contribution in [0.2, 0.25) is 0 Å². The second kappa shape index (κ2) is 15.6. The fraction of sp³-hybridized carbons (Fsp3) is 0.464. The summed E-state index contributed by atoms with van der Waals surface area (Å²) in [6, 6.07) is 13.9. The summed E-state index contributed by atoms with van der Waals surface area (Å²) in [6.07, 6.45) is 17.2. The first-order valence-corrected chi connectivity index (χ1v) is 11.9. The van der Waals surface area contributed by atoms with Gasteiger partial charge in [-0.2, -0.15) is 0 Å². The summed E-state index contributed by atoms with van der Waals surface area (Å²) < 4.78 is 21.8. The van der Waals surface area contributed by atoms with Crippen molar-refractivity contribution in [2.24, 2.45) is 0 Å². The third kappa shape index (κ3) is 10.8. The van der Waals surface area contributed by atoms with Gasteiger partial charge in [-0.25, -0.2) is 4.79 Å². The van der Waals surface area contributed by atoms with E-state index in [4.69, 9.17) is 25.4 Å². The van der Waals surface area contributed by atoms with Crippen LogP contribution in [-0.4, -0.2) is 25.3 Å². The van der Waals surface area contributed by atoms with Crippen LogP contribution in [0.4, 0.5) is 0 Å². The largest absolute Gasteiger partial charge is 0.494 e. The lowest BCUT2D eigenvalue weighted by atomic mass is 10.1. The highest BCUT2D eigenvalue weighted by Crippen LogP contribution is 2.20. The van der Waals surface area contributed by atoms with Gasteiger partial charge in [0.15, 0.2) is 0 Å². The molecule has 0 radical (unpaired) electrons. The first-order valence-electron chi connectivity index (χ1n) is 11.9. The average molecular weight is 453 g/mol. The van der Waals surface area contributed by atoms with Crippen LogP contribution in [-0.2, 0) is 4.74 Å². The highest BCUT2D eigenvalue weighted by Gasteiger charge is 2.09. The minimum absolute atomic E-state index is 0.209. The van der Waals surface area contributed by atoms with Gasteiger partial charge < -0.3 is 18.9 Å². The van der Waals surface area contributed by atoms with E-state index in [2.05, 4.69) is 13.0 Å². The zero-order valence-corrected chi connectivity index (χ0v) is 19.9. The molecule has 0 bridgehead atoms. The zero-order chi connectivity index (χ0) is 23.7. The SMILES string of the molecule is C#CO[C@H](C)COc1ccc(OC(=O)c2ccc(OCCCCCCCCCC)cc2)cc1. The van der Waals surface area contributed by atoms with Crippen molar-refractivity contribution in [2.45, 2.75) is 71.3 Å². The van der Waals surface area contributed by atoms with Crippen molar-refractivity contribution in [3.8, 4) is 29.8 Å². The van der Waals surface area contributed by atoms with E-state index in [0.29, 0.717) is 30.3 Å². The van der Waals surface area contributed by atoms with Gasteiger partial charge in [0.1, 0.15) is 36.1 Å². The van der Waals surface area contributed by atoms with Crippen LogP contribution in [0.5, 0.6) is 17.2 Å². The molecule has 0 aliphatic carbocycles. The maximum atomic E-state index is 12.4. The molecule has 5 heteroatoms. The second-order valence-electron chi connectivity index (χ2n) is 8.07. The van der Waals surface area contributed by atoms with Gasteiger partial charge in [0.25, 0.3) is 0 Å². The number of ether oxygens (including phenoxy) is 4. The maximum absolute atomic E-state index is 12.4. The Bertz CT molecular complexity index is 836. The molecule has 5 nitrogen and oxygen atoms in total.